The van der Waals surface area contributed by atoms with Gasteiger partial charge in [0.05, 0.1) is 0 Å². The van der Waals surface area contributed by atoms with Crippen LogP contribution in [0.25, 0.3) is 0 Å². The quantitative estimate of drug-likeness (QED) is 0.664. The number of hydrogen-bond acceptors (Lipinski definition) is 2. The normalized spacial score (nSPS) is 9.86. The van der Waals surface area contributed by atoms with Crippen molar-refractivity contribution < 1.29 is 4.79 Å². The SMILES string of the molecule is CCCCNC(=O)c1cccc(Br)n1. The lowest BCUT2D eigenvalue weighted by Crippen LogP contribution is -2.25. The summed E-state index contributed by atoms with van der Waals surface area (Å²) < 4.78 is 0.681. The van der Waals surface area contributed by atoms with Crippen LogP contribution in [0.15, 0.2) is 22.8 Å². The van der Waals surface area contributed by atoms with E-state index in [2.05, 4.69) is 33.2 Å². The molecule has 1 amide bonds. The highest BCUT2D eigenvalue weighted by Crippen LogP contribution is 2.05. The van der Waals surface area contributed by atoms with Crippen LogP contribution in [0.3, 0.4) is 0 Å². The lowest BCUT2D eigenvalue weighted by atomic mass is 10.3. The standard InChI is InChI=1S/C10H13BrN2O/c1-2-3-7-12-10(14)8-5-4-6-9(11)13-8/h4-6H,2-3,7H2,1H3,(H,12,14). The van der Waals surface area contributed by atoms with Crippen LogP contribution in [0.5, 0.6) is 0 Å². The number of carbonyl (C=O) groups excluding carboxylic acids is 1. The van der Waals surface area contributed by atoms with Gasteiger partial charge in [0.1, 0.15) is 10.3 Å². The van der Waals surface area contributed by atoms with E-state index in [1.807, 2.05) is 0 Å². The van der Waals surface area contributed by atoms with Gasteiger partial charge in [0.15, 0.2) is 0 Å². The van der Waals surface area contributed by atoms with Gasteiger partial charge in [-0.15, -0.1) is 0 Å². The molecule has 0 radical (unpaired) electrons. The molecule has 1 N–H and O–H groups in total. The second-order valence-corrected chi connectivity index (χ2v) is 3.77. The molecule has 1 rings (SSSR count). The molecule has 1 aromatic heterocycles. The Labute approximate surface area is 92.1 Å². The second-order valence-electron chi connectivity index (χ2n) is 2.96. The number of unbranched alkanes of at least 4 members (excludes halogenated alkanes) is 1. The summed E-state index contributed by atoms with van der Waals surface area (Å²) in [5.74, 6) is -0.111. The summed E-state index contributed by atoms with van der Waals surface area (Å²) in [6.07, 6.45) is 2.08. The number of amides is 1. The molecule has 0 saturated carbocycles. The number of pyridine rings is 1. The molecule has 14 heavy (non-hydrogen) atoms. The van der Waals surface area contributed by atoms with E-state index in [0.717, 1.165) is 12.8 Å². The van der Waals surface area contributed by atoms with E-state index in [4.69, 9.17) is 0 Å². The van der Waals surface area contributed by atoms with Gasteiger partial charge in [-0.25, -0.2) is 4.98 Å². The largest absolute Gasteiger partial charge is 0.351 e. The van der Waals surface area contributed by atoms with Crippen LogP contribution < -0.4 is 5.32 Å². The van der Waals surface area contributed by atoms with Crippen LogP contribution in [0.4, 0.5) is 0 Å². The molecule has 0 aliphatic carbocycles. The summed E-state index contributed by atoms with van der Waals surface area (Å²) >= 11 is 3.22. The molecule has 0 fully saturated rings. The van der Waals surface area contributed by atoms with Crippen molar-refractivity contribution in [2.24, 2.45) is 0 Å². The highest BCUT2D eigenvalue weighted by molar-refractivity contribution is 9.10. The Kier molecular flexibility index (Phi) is 4.59. The van der Waals surface area contributed by atoms with Crippen molar-refractivity contribution in [2.75, 3.05) is 6.54 Å². The summed E-state index contributed by atoms with van der Waals surface area (Å²) in [5.41, 5.74) is 0.454. The van der Waals surface area contributed by atoms with Gasteiger partial charge in [-0.05, 0) is 34.5 Å². The van der Waals surface area contributed by atoms with Gasteiger partial charge in [0.2, 0.25) is 0 Å². The Balaban J connectivity index is 2.52. The van der Waals surface area contributed by atoms with Crippen molar-refractivity contribution in [2.45, 2.75) is 19.8 Å². The van der Waals surface area contributed by atoms with Crippen molar-refractivity contribution >= 4 is 21.8 Å². The van der Waals surface area contributed by atoms with Gasteiger partial charge in [0, 0.05) is 6.54 Å². The van der Waals surface area contributed by atoms with Crippen molar-refractivity contribution in [1.29, 1.82) is 0 Å². The third kappa shape index (κ3) is 3.46. The number of nitrogens with zero attached hydrogens (tertiary/aromatic N) is 1. The lowest BCUT2D eigenvalue weighted by Gasteiger charge is -2.03. The molecule has 1 aromatic rings. The molecular formula is C10H13BrN2O. The maximum atomic E-state index is 11.5. The number of hydrogen-bond donors (Lipinski definition) is 1. The molecule has 3 nitrogen and oxygen atoms in total. The summed E-state index contributed by atoms with van der Waals surface area (Å²) in [6, 6.07) is 5.29. The van der Waals surface area contributed by atoms with Gasteiger partial charge in [-0.1, -0.05) is 19.4 Å². The van der Waals surface area contributed by atoms with E-state index in [1.165, 1.54) is 0 Å². The smallest absolute Gasteiger partial charge is 0.269 e. The average molecular weight is 257 g/mol. The fraction of sp³-hybridized carbons (Fsp3) is 0.400. The van der Waals surface area contributed by atoms with Crippen molar-refractivity contribution in [3.63, 3.8) is 0 Å². The number of aromatic nitrogens is 1. The van der Waals surface area contributed by atoms with Crippen LogP contribution in [0, 0.1) is 0 Å². The summed E-state index contributed by atoms with van der Waals surface area (Å²) in [7, 11) is 0. The Bertz CT molecular complexity index is 315. The zero-order chi connectivity index (χ0) is 10.4. The predicted molar refractivity (Wildman–Crippen MR) is 59.2 cm³/mol. The van der Waals surface area contributed by atoms with Crippen LogP contribution >= 0.6 is 15.9 Å². The molecule has 0 aliphatic heterocycles. The van der Waals surface area contributed by atoms with Gasteiger partial charge >= 0.3 is 0 Å². The fourth-order valence-electron chi connectivity index (χ4n) is 1.00. The minimum Gasteiger partial charge on any atom is -0.351 e. The minimum atomic E-state index is -0.111. The molecule has 0 bridgehead atoms. The zero-order valence-corrected chi connectivity index (χ0v) is 9.67. The molecule has 0 aliphatic rings. The first-order valence-corrected chi connectivity index (χ1v) is 5.44. The number of halogens is 1. The highest BCUT2D eigenvalue weighted by Gasteiger charge is 2.05. The summed E-state index contributed by atoms with van der Waals surface area (Å²) in [5, 5.41) is 2.80. The fourth-order valence-corrected chi connectivity index (χ4v) is 1.35. The Hall–Kier alpha value is -0.900. The zero-order valence-electron chi connectivity index (χ0n) is 8.09. The van der Waals surface area contributed by atoms with E-state index in [0.29, 0.717) is 16.8 Å². The molecule has 1 heterocycles. The first kappa shape index (κ1) is 11.2. The van der Waals surface area contributed by atoms with Crippen LogP contribution in [-0.4, -0.2) is 17.4 Å². The van der Waals surface area contributed by atoms with E-state index < -0.39 is 0 Å². The van der Waals surface area contributed by atoms with E-state index in [1.54, 1.807) is 18.2 Å². The lowest BCUT2D eigenvalue weighted by molar-refractivity contribution is 0.0948. The first-order chi connectivity index (χ1) is 6.74. The maximum Gasteiger partial charge on any atom is 0.269 e. The van der Waals surface area contributed by atoms with Crippen molar-refractivity contribution in [3.05, 3.63) is 28.5 Å². The number of rotatable bonds is 4. The Morgan fingerprint density at radius 3 is 3.00 bits per heavy atom. The topological polar surface area (TPSA) is 42.0 Å². The summed E-state index contributed by atoms with van der Waals surface area (Å²) in [4.78, 5) is 15.5. The molecule has 0 saturated heterocycles. The third-order valence-electron chi connectivity index (χ3n) is 1.76. The van der Waals surface area contributed by atoms with Gasteiger partial charge < -0.3 is 5.32 Å². The van der Waals surface area contributed by atoms with Crippen LogP contribution in [0.2, 0.25) is 0 Å². The number of carbonyl (C=O) groups is 1. The predicted octanol–water partition coefficient (Wildman–Crippen LogP) is 2.37. The van der Waals surface area contributed by atoms with E-state index >= 15 is 0 Å². The molecular weight excluding hydrogens is 244 g/mol. The van der Waals surface area contributed by atoms with Gasteiger partial charge in [0.25, 0.3) is 5.91 Å². The number of nitrogens with one attached hydrogen (secondary N) is 1. The molecule has 0 atom stereocenters. The van der Waals surface area contributed by atoms with Crippen molar-refractivity contribution in [3.8, 4) is 0 Å². The van der Waals surface area contributed by atoms with Gasteiger partial charge in [-0.2, -0.15) is 0 Å². The maximum absolute atomic E-state index is 11.5. The Morgan fingerprint density at radius 1 is 1.57 bits per heavy atom. The Morgan fingerprint density at radius 2 is 2.36 bits per heavy atom. The molecule has 76 valence electrons. The van der Waals surface area contributed by atoms with E-state index in [9.17, 15) is 4.79 Å². The molecule has 0 unspecified atom stereocenters. The third-order valence-corrected chi connectivity index (χ3v) is 2.21. The van der Waals surface area contributed by atoms with Gasteiger partial charge in [-0.3, -0.25) is 4.79 Å². The molecule has 4 heteroatoms. The highest BCUT2D eigenvalue weighted by atomic mass is 79.9. The van der Waals surface area contributed by atoms with Crippen LogP contribution in [0.1, 0.15) is 30.3 Å². The second kappa shape index (κ2) is 5.75. The molecule has 0 aromatic carbocycles. The molecule has 0 spiro atoms. The van der Waals surface area contributed by atoms with Crippen LogP contribution in [-0.2, 0) is 0 Å². The first-order valence-electron chi connectivity index (χ1n) is 4.64. The summed E-state index contributed by atoms with van der Waals surface area (Å²) in [6.45, 7) is 2.80. The monoisotopic (exact) mass is 256 g/mol. The average Bonchev–Trinajstić information content (AvgIpc) is 2.18. The van der Waals surface area contributed by atoms with E-state index in [-0.39, 0.29) is 5.91 Å². The minimum absolute atomic E-state index is 0.111. The van der Waals surface area contributed by atoms with Crippen molar-refractivity contribution in [1.82, 2.24) is 10.3 Å².